The third kappa shape index (κ3) is 2.36. The molecule has 2 rings (SSSR count). The third-order valence-electron chi connectivity index (χ3n) is 3.19. The molecule has 0 aromatic heterocycles. The van der Waals surface area contributed by atoms with Crippen LogP contribution >= 0.6 is 0 Å². The molecule has 1 aliphatic heterocycles. The van der Waals surface area contributed by atoms with Crippen molar-refractivity contribution in [2.45, 2.75) is 12.1 Å². The molecule has 1 saturated heterocycles. The standard InChI is InChI=1S/C12H15F3N2O/c1-17-2-3-18-11(6-16)12(17)7-4-9(14)10(15)5-8(7)13/h4-5,11-12H,2-3,6,16H2,1H3. The molecule has 1 fully saturated rings. The lowest BCUT2D eigenvalue weighted by Gasteiger charge is -2.39. The van der Waals surface area contributed by atoms with E-state index in [9.17, 15) is 13.2 Å². The molecule has 1 heterocycles. The zero-order valence-electron chi connectivity index (χ0n) is 10.00. The Balaban J connectivity index is 2.41. The summed E-state index contributed by atoms with van der Waals surface area (Å²) in [6.07, 6.45) is -0.428. The van der Waals surface area contributed by atoms with Gasteiger partial charge in [-0.1, -0.05) is 0 Å². The van der Waals surface area contributed by atoms with Crippen LogP contribution in [0, 0.1) is 17.5 Å². The quantitative estimate of drug-likeness (QED) is 0.818. The van der Waals surface area contributed by atoms with Crippen LogP contribution in [0.5, 0.6) is 0 Å². The molecule has 2 N–H and O–H groups in total. The second-order valence-corrected chi connectivity index (χ2v) is 4.36. The Labute approximate surface area is 103 Å². The number of nitrogens with two attached hydrogens (primary N) is 1. The van der Waals surface area contributed by atoms with Crippen LogP contribution in [-0.2, 0) is 4.74 Å². The molecule has 2 atom stereocenters. The number of hydrogen-bond donors (Lipinski definition) is 1. The van der Waals surface area contributed by atoms with Crippen molar-refractivity contribution in [1.29, 1.82) is 0 Å². The largest absolute Gasteiger partial charge is 0.374 e. The Bertz CT molecular complexity index is 442. The molecule has 0 saturated carbocycles. The molecule has 0 bridgehead atoms. The van der Waals surface area contributed by atoms with Gasteiger partial charge in [-0.25, -0.2) is 13.2 Å². The van der Waals surface area contributed by atoms with Crippen molar-refractivity contribution in [3.8, 4) is 0 Å². The van der Waals surface area contributed by atoms with E-state index in [1.165, 1.54) is 0 Å². The maximum absolute atomic E-state index is 13.8. The van der Waals surface area contributed by atoms with Crippen LogP contribution in [0.25, 0.3) is 0 Å². The normalized spacial score (nSPS) is 25.4. The van der Waals surface area contributed by atoms with Gasteiger partial charge in [0.05, 0.1) is 18.8 Å². The summed E-state index contributed by atoms with van der Waals surface area (Å²) >= 11 is 0. The molecule has 18 heavy (non-hydrogen) atoms. The highest BCUT2D eigenvalue weighted by molar-refractivity contribution is 5.25. The lowest BCUT2D eigenvalue weighted by atomic mass is 9.97. The van der Waals surface area contributed by atoms with Gasteiger partial charge in [0.15, 0.2) is 11.6 Å². The van der Waals surface area contributed by atoms with Crippen LogP contribution in [0.4, 0.5) is 13.2 Å². The molecular weight excluding hydrogens is 245 g/mol. The maximum Gasteiger partial charge on any atom is 0.161 e. The summed E-state index contributed by atoms with van der Waals surface area (Å²) in [6, 6.07) is 0.933. The Hall–Kier alpha value is -1.11. The fourth-order valence-corrected chi connectivity index (χ4v) is 2.26. The number of ether oxygens (including phenoxy) is 1. The summed E-state index contributed by atoms with van der Waals surface area (Å²) in [7, 11) is 1.77. The van der Waals surface area contributed by atoms with Gasteiger partial charge in [-0.15, -0.1) is 0 Å². The van der Waals surface area contributed by atoms with Gasteiger partial charge in [-0.2, -0.15) is 0 Å². The first-order valence-electron chi connectivity index (χ1n) is 5.71. The van der Waals surface area contributed by atoms with Crippen LogP contribution in [0.2, 0.25) is 0 Å². The molecule has 100 valence electrons. The van der Waals surface area contributed by atoms with E-state index < -0.39 is 29.6 Å². The molecule has 6 heteroatoms. The highest BCUT2D eigenvalue weighted by atomic mass is 19.2. The molecule has 0 amide bonds. The van der Waals surface area contributed by atoms with Crippen LogP contribution in [-0.4, -0.2) is 37.7 Å². The molecule has 0 radical (unpaired) electrons. The Morgan fingerprint density at radius 2 is 1.94 bits per heavy atom. The van der Waals surface area contributed by atoms with Gasteiger partial charge in [-0.3, -0.25) is 4.90 Å². The third-order valence-corrected chi connectivity index (χ3v) is 3.19. The van der Waals surface area contributed by atoms with E-state index in [2.05, 4.69) is 0 Å². The zero-order valence-corrected chi connectivity index (χ0v) is 10.00. The average molecular weight is 260 g/mol. The van der Waals surface area contributed by atoms with E-state index >= 15 is 0 Å². The van der Waals surface area contributed by atoms with Crippen LogP contribution < -0.4 is 5.73 Å². The van der Waals surface area contributed by atoms with Gasteiger partial charge in [0.25, 0.3) is 0 Å². The predicted octanol–water partition coefficient (Wildman–Crippen LogP) is 1.43. The van der Waals surface area contributed by atoms with Crippen LogP contribution in [0.15, 0.2) is 12.1 Å². The fraction of sp³-hybridized carbons (Fsp3) is 0.500. The van der Waals surface area contributed by atoms with Crippen molar-refractivity contribution < 1.29 is 17.9 Å². The van der Waals surface area contributed by atoms with Crippen molar-refractivity contribution >= 4 is 0 Å². The van der Waals surface area contributed by atoms with E-state index in [0.717, 1.165) is 6.07 Å². The molecule has 1 aliphatic rings. The van der Waals surface area contributed by atoms with Crippen molar-refractivity contribution in [2.24, 2.45) is 5.73 Å². The number of morpholine rings is 1. The number of rotatable bonds is 2. The summed E-state index contributed by atoms with van der Waals surface area (Å²) in [5.74, 6) is -3.05. The highest BCUT2D eigenvalue weighted by Crippen LogP contribution is 2.30. The van der Waals surface area contributed by atoms with Crippen molar-refractivity contribution in [1.82, 2.24) is 4.90 Å². The predicted molar refractivity (Wildman–Crippen MR) is 60.5 cm³/mol. The second kappa shape index (κ2) is 5.26. The molecule has 2 unspecified atom stereocenters. The average Bonchev–Trinajstić information content (AvgIpc) is 2.34. The van der Waals surface area contributed by atoms with E-state index in [1.54, 1.807) is 7.05 Å². The summed E-state index contributed by atoms with van der Waals surface area (Å²) in [6.45, 7) is 1.26. The number of hydrogen-bond acceptors (Lipinski definition) is 3. The number of halogens is 3. The first kappa shape index (κ1) is 13.3. The van der Waals surface area contributed by atoms with Gasteiger partial charge < -0.3 is 10.5 Å². The minimum atomic E-state index is -1.19. The van der Waals surface area contributed by atoms with Gasteiger partial charge in [-0.05, 0) is 13.1 Å². The smallest absolute Gasteiger partial charge is 0.161 e. The first-order chi connectivity index (χ1) is 8.54. The minimum absolute atomic E-state index is 0.0755. The summed E-state index contributed by atoms with van der Waals surface area (Å²) in [4.78, 5) is 1.83. The summed E-state index contributed by atoms with van der Waals surface area (Å²) in [5, 5.41) is 0. The van der Waals surface area contributed by atoms with Gasteiger partial charge in [0, 0.05) is 24.7 Å². The van der Waals surface area contributed by atoms with Gasteiger partial charge in [0.1, 0.15) is 5.82 Å². The van der Waals surface area contributed by atoms with E-state index in [0.29, 0.717) is 19.2 Å². The molecule has 1 aromatic carbocycles. The Morgan fingerprint density at radius 3 is 2.61 bits per heavy atom. The number of nitrogens with zero attached hydrogens (tertiary/aromatic N) is 1. The fourth-order valence-electron chi connectivity index (χ4n) is 2.26. The number of benzene rings is 1. The molecule has 1 aromatic rings. The SMILES string of the molecule is CN1CCOC(CN)C1c1cc(F)c(F)cc1F. The Morgan fingerprint density at radius 1 is 1.28 bits per heavy atom. The van der Waals surface area contributed by atoms with Gasteiger partial charge >= 0.3 is 0 Å². The lowest BCUT2D eigenvalue weighted by Crippen LogP contribution is -2.46. The second-order valence-electron chi connectivity index (χ2n) is 4.36. The summed E-state index contributed by atoms with van der Waals surface area (Å²) < 4.78 is 45.4. The van der Waals surface area contributed by atoms with Crippen LogP contribution in [0.3, 0.4) is 0 Å². The Kier molecular flexibility index (Phi) is 3.89. The monoisotopic (exact) mass is 260 g/mol. The zero-order chi connectivity index (χ0) is 13.3. The topological polar surface area (TPSA) is 38.5 Å². The van der Waals surface area contributed by atoms with E-state index in [1.807, 2.05) is 4.90 Å². The van der Waals surface area contributed by atoms with E-state index in [4.69, 9.17) is 10.5 Å². The van der Waals surface area contributed by atoms with Crippen LogP contribution in [0.1, 0.15) is 11.6 Å². The van der Waals surface area contributed by atoms with Gasteiger partial charge in [0.2, 0.25) is 0 Å². The summed E-state index contributed by atoms with van der Waals surface area (Å²) in [5.41, 5.74) is 5.64. The highest BCUT2D eigenvalue weighted by Gasteiger charge is 2.33. The maximum atomic E-state index is 13.8. The molecular formula is C12H15F3N2O. The van der Waals surface area contributed by atoms with E-state index in [-0.39, 0.29) is 12.1 Å². The van der Waals surface area contributed by atoms with Crippen molar-refractivity contribution in [3.63, 3.8) is 0 Å². The minimum Gasteiger partial charge on any atom is -0.374 e. The first-order valence-corrected chi connectivity index (χ1v) is 5.71. The molecule has 0 spiro atoms. The lowest BCUT2D eigenvalue weighted by molar-refractivity contribution is -0.0587. The number of likely N-dealkylation sites (N-methyl/N-ethyl adjacent to an activating group) is 1. The molecule has 0 aliphatic carbocycles. The van der Waals surface area contributed by atoms with Crippen molar-refractivity contribution in [3.05, 3.63) is 35.1 Å². The van der Waals surface area contributed by atoms with Crippen molar-refractivity contribution in [2.75, 3.05) is 26.7 Å². The molecule has 3 nitrogen and oxygen atoms in total.